The van der Waals surface area contributed by atoms with Crippen LogP contribution in [0.1, 0.15) is 5.56 Å². The molecular formula is C14H12N2O3S. The average Bonchev–Trinajstić information content (AvgIpc) is 2.50. The van der Waals surface area contributed by atoms with Crippen molar-refractivity contribution in [2.45, 2.75) is 4.90 Å². The van der Waals surface area contributed by atoms with Gasteiger partial charge in [0.2, 0.25) is 0 Å². The lowest BCUT2D eigenvalue weighted by molar-refractivity contribution is 0.276. The maximum absolute atomic E-state index is 9.88. The van der Waals surface area contributed by atoms with E-state index in [4.69, 9.17) is 9.55 Å². The van der Waals surface area contributed by atoms with E-state index in [-0.39, 0.29) is 10.6 Å². The van der Waals surface area contributed by atoms with Crippen LogP contribution in [-0.4, -0.2) is 14.8 Å². The standard InChI is InChI=1S/C14H12N2O3S/c15-11-14(12-7-3-1-4-8-12)16-19-20(17,18)13-9-5-2-6-10-13/h1-10,17-18H/b16-14+. The predicted molar refractivity (Wildman–Crippen MR) is 77.2 cm³/mol. The highest BCUT2D eigenvalue weighted by Crippen LogP contribution is 2.49. The molecule has 0 aliphatic carbocycles. The van der Waals surface area contributed by atoms with Crippen molar-refractivity contribution in [3.05, 3.63) is 66.2 Å². The van der Waals surface area contributed by atoms with Gasteiger partial charge in [-0.25, -0.2) is 0 Å². The van der Waals surface area contributed by atoms with Crippen molar-refractivity contribution < 1.29 is 13.4 Å². The number of hydrogen-bond donors (Lipinski definition) is 2. The van der Waals surface area contributed by atoms with Gasteiger partial charge in [0, 0.05) is 5.56 Å². The molecule has 6 heteroatoms. The zero-order valence-corrected chi connectivity index (χ0v) is 11.2. The Morgan fingerprint density at radius 1 is 1.00 bits per heavy atom. The molecule has 0 atom stereocenters. The Hall–Kier alpha value is -2.33. The van der Waals surface area contributed by atoms with Gasteiger partial charge in [0.1, 0.15) is 6.07 Å². The summed E-state index contributed by atoms with van der Waals surface area (Å²) in [7, 11) is -3.51. The normalized spacial score (nSPS) is 12.6. The Kier molecular flexibility index (Phi) is 4.38. The van der Waals surface area contributed by atoms with Crippen LogP contribution in [0, 0.1) is 11.3 Å². The molecule has 0 heterocycles. The third-order valence-corrected chi connectivity index (χ3v) is 3.60. The van der Waals surface area contributed by atoms with Crippen LogP contribution in [0.15, 0.2) is 70.7 Å². The van der Waals surface area contributed by atoms with E-state index in [1.165, 1.54) is 12.1 Å². The van der Waals surface area contributed by atoms with Crippen molar-refractivity contribution in [3.8, 4) is 6.07 Å². The van der Waals surface area contributed by atoms with Crippen LogP contribution in [0.5, 0.6) is 0 Å². The number of nitriles is 1. The second-order valence-electron chi connectivity index (χ2n) is 3.80. The van der Waals surface area contributed by atoms with Crippen LogP contribution < -0.4 is 0 Å². The van der Waals surface area contributed by atoms with Crippen LogP contribution in [0.25, 0.3) is 0 Å². The first-order valence-electron chi connectivity index (χ1n) is 5.69. The van der Waals surface area contributed by atoms with E-state index in [0.29, 0.717) is 5.56 Å². The Morgan fingerprint density at radius 3 is 2.10 bits per heavy atom. The second kappa shape index (κ2) is 6.21. The molecule has 0 radical (unpaired) electrons. The summed E-state index contributed by atoms with van der Waals surface area (Å²) in [5.74, 6) is 0. The van der Waals surface area contributed by atoms with Gasteiger partial charge in [-0.3, -0.25) is 13.4 Å². The minimum Gasteiger partial charge on any atom is -0.294 e. The molecule has 2 aromatic carbocycles. The van der Waals surface area contributed by atoms with Crippen molar-refractivity contribution >= 4 is 16.6 Å². The first-order chi connectivity index (χ1) is 9.63. The summed E-state index contributed by atoms with van der Waals surface area (Å²) in [6.45, 7) is 0. The number of benzene rings is 2. The van der Waals surface area contributed by atoms with E-state index >= 15 is 0 Å². The summed E-state index contributed by atoms with van der Waals surface area (Å²) in [5, 5.41) is 12.6. The minimum absolute atomic E-state index is 0.0264. The van der Waals surface area contributed by atoms with E-state index in [2.05, 4.69) is 5.16 Å². The highest BCUT2D eigenvalue weighted by Gasteiger charge is 2.22. The molecule has 5 nitrogen and oxygen atoms in total. The molecule has 102 valence electrons. The molecule has 0 saturated carbocycles. The van der Waals surface area contributed by atoms with Gasteiger partial charge in [-0.2, -0.15) is 5.26 Å². The minimum atomic E-state index is -3.51. The second-order valence-corrected chi connectivity index (χ2v) is 5.42. The topological polar surface area (TPSA) is 85.8 Å². The Bertz CT molecular complexity index is 636. The summed E-state index contributed by atoms with van der Waals surface area (Å²) in [6, 6.07) is 18.6. The highest BCUT2D eigenvalue weighted by atomic mass is 32.3. The fourth-order valence-electron chi connectivity index (χ4n) is 1.46. The third kappa shape index (κ3) is 3.36. The molecule has 0 spiro atoms. The molecule has 0 bridgehead atoms. The van der Waals surface area contributed by atoms with Crippen LogP contribution in [0.4, 0.5) is 0 Å². The maximum atomic E-state index is 9.88. The predicted octanol–water partition coefficient (Wildman–Crippen LogP) is 3.66. The molecule has 0 fully saturated rings. The highest BCUT2D eigenvalue weighted by molar-refractivity contribution is 8.20. The van der Waals surface area contributed by atoms with Crippen molar-refractivity contribution in [2.24, 2.45) is 5.16 Å². The summed E-state index contributed by atoms with van der Waals surface area (Å²) in [5.41, 5.74) is 0.514. The van der Waals surface area contributed by atoms with Crippen molar-refractivity contribution in [3.63, 3.8) is 0 Å². The van der Waals surface area contributed by atoms with Crippen LogP contribution >= 0.6 is 10.9 Å². The summed E-state index contributed by atoms with van der Waals surface area (Å²) in [4.78, 5) is 0.203. The maximum Gasteiger partial charge on any atom is 0.188 e. The zero-order valence-electron chi connectivity index (χ0n) is 10.4. The molecule has 0 unspecified atom stereocenters. The molecule has 2 rings (SSSR count). The Balaban J connectivity index is 2.21. The van der Waals surface area contributed by atoms with Crippen LogP contribution in [-0.2, 0) is 4.28 Å². The van der Waals surface area contributed by atoms with Gasteiger partial charge in [-0.15, -0.1) is 0 Å². The van der Waals surface area contributed by atoms with Crippen LogP contribution in [0.2, 0.25) is 0 Å². The van der Waals surface area contributed by atoms with E-state index in [0.717, 1.165) is 0 Å². The number of nitrogens with zero attached hydrogens (tertiary/aromatic N) is 2. The number of rotatable bonds is 4. The molecule has 0 aliphatic heterocycles. The van der Waals surface area contributed by atoms with Crippen molar-refractivity contribution in [1.82, 2.24) is 0 Å². The monoisotopic (exact) mass is 288 g/mol. The number of oxime groups is 1. The summed E-state index contributed by atoms with van der Waals surface area (Å²) < 4.78 is 24.5. The Labute approximate surface area is 118 Å². The van der Waals surface area contributed by atoms with Gasteiger partial charge in [0.15, 0.2) is 16.6 Å². The SMILES string of the molecule is N#C/C(=N\OS(O)(O)c1ccccc1)c1ccccc1. The van der Waals surface area contributed by atoms with Gasteiger partial charge >= 0.3 is 0 Å². The lowest BCUT2D eigenvalue weighted by Crippen LogP contribution is -2.03. The third-order valence-electron chi connectivity index (χ3n) is 2.44. The van der Waals surface area contributed by atoms with Gasteiger partial charge < -0.3 is 0 Å². The van der Waals surface area contributed by atoms with Crippen LogP contribution in [0.3, 0.4) is 0 Å². The van der Waals surface area contributed by atoms with Gasteiger partial charge in [0.05, 0.1) is 4.90 Å². The quantitative estimate of drug-likeness (QED) is 0.664. The lowest BCUT2D eigenvalue weighted by atomic mass is 10.1. The molecular weight excluding hydrogens is 276 g/mol. The first-order valence-corrected chi connectivity index (χ1v) is 7.16. The average molecular weight is 288 g/mol. The van der Waals surface area contributed by atoms with E-state index in [9.17, 15) is 9.11 Å². The molecule has 0 saturated heterocycles. The van der Waals surface area contributed by atoms with E-state index in [1.54, 1.807) is 48.5 Å². The van der Waals surface area contributed by atoms with Crippen molar-refractivity contribution in [2.75, 3.05) is 0 Å². The van der Waals surface area contributed by atoms with E-state index in [1.807, 2.05) is 6.07 Å². The van der Waals surface area contributed by atoms with Crippen molar-refractivity contribution in [1.29, 1.82) is 5.26 Å². The molecule has 20 heavy (non-hydrogen) atoms. The molecule has 0 aromatic heterocycles. The molecule has 2 N–H and O–H groups in total. The summed E-state index contributed by atoms with van der Waals surface area (Å²) in [6.07, 6.45) is 0. The molecule has 0 aliphatic rings. The fraction of sp³-hybridized carbons (Fsp3) is 0. The smallest absolute Gasteiger partial charge is 0.188 e. The Morgan fingerprint density at radius 2 is 1.55 bits per heavy atom. The van der Waals surface area contributed by atoms with Gasteiger partial charge in [-0.05, 0) is 12.1 Å². The first kappa shape index (κ1) is 14.1. The summed E-state index contributed by atoms with van der Waals surface area (Å²) >= 11 is 0. The zero-order chi connectivity index (χ0) is 14.4. The largest absolute Gasteiger partial charge is 0.294 e. The lowest BCUT2D eigenvalue weighted by Gasteiger charge is -2.22. The van der Waals surface area contributed by atoms with E-state index < -0.39 is 10.9 Å². The molecule has 2 aromatic rings. The number of hydrogen-bond acceptors (Lipinski definition) is 5. The molecule has 0 amide bonds. The fourth-order valence-corrected chi connectivity index (χ4v) is 2.24. The van der Waals surface area contributed by atoms with Gasteiger partial charge in [0.25, 0.3) is 0 Å². The van der Waals surface area contributed by atoms with Gasteiger partial charge in [-0.1, -0.05) is 53.7 Å².